The zero-order valence-electron chi connectivity index (χ0n) is 12.5. The minimum Gasteiger partial charge on any atom is -0.490 e. The van der Waals surface area contributed by atoms with Gasteiger partial charge in [-0.25, -0.2) is 0 Å². The molecule has 6 heteroatoms. The first kappa shape index (κ1) is 17.0. The zero-order valence-corrected chi connectivity index (χ0v) is 12.5. The van der Waals surface area contributed by atoms with Crippen LogP contribution in [0.2, 0.25) is 0 Å². The molecule has 0 bridgehead atoms. The molecule has 1 aromatic rings. The maximum Gasteiger partial charge on any atom is 0.260 e. The number of carbonyl (C=O) groups excluding carboxylic acids is 2. The average Bonchev–Trinajstić information content (AvgIpc) is 2.49. The fourth-order valence-corrected chi connectivity index (χ4v) is 1.63. The van der Waals surface area contributed by atoms with Crippen molar-refractivity contribution in [1.82, 2.24) is 5.32 Å². The van der Waals surface area contributed by atoms with E-state index in [0.29, 0.717) is 36.8 Å². The second-order valence-electron chi connectivity index (χ2n) is 4.30. The Morgan fingerprint density at radius 2 is 2.14 bits per heavy atom. The number of hydrogen-bond acceptors (Lipinski definition) is 5. The monoisotopic (exact) mass is 295 g/mol. The molecule has 0 fully saturated rings. The third-order valence-corrected chi connectivity index (χ3v) is 2.68. The van der Waals surface area contributed by atoms with Gasteiger partial charge in [-0.3, -0.25) is 9.59 Å². The highest BCUT2D eigenvalue weighted by Gasteiger charge is 2.16. The number of rotatable bonds is 9. The number of carbonyl (C=O) groups is 2. The van der Waals surface area contributed by atoms with E-state index >= 15 is 0 Å². The van der Waals surface area contributed by atoms with E-state index in [1.807, 2.05) is 6.92 Å². The van der Waals surface area contributed by atoms with Gasteiger partial charge < -0.3 is 19.5 Å². The first-order valence-corrected chi connectivity index (χ1v) is 6.77. The summed E-state index contributed by atoms with van der Waals surface area (Å²) in [5.41, 5.74) is 0.489. The Balaban J connectivity index is 2.72. The van der Waals surface area contributed by atoms with E-state index in [1.165, 1.54) is 0 Å². The first-order chi connectivity index (χ1) is 10.1. The number of amides is 1. The highest BCUT2D eigenvalue weighted by Crippen LogP contribution is 2.29. The van der Waals surface area contributed by atoms with Gasteiger partial charge in [0.1, 0.15) is 6.29 Å². The number of hydrogen-bond donors (Lipinski definition) is 1. The molecule has 0 aliphatic heterocycles. The molecule has 0 heterocycles. The van der Waals surface area contributed by atoms with Crippen LogP contribution < -0.4 is 14.8 Å². The average molecular weight is 295 g/mol. The fourth-order valence-electron chi connectivity index (χ4n) is 1.63. The van der Waals surface area contributed by atoms with Crippen LogP contribution in [-0.2, 0) is 9.53 Å². The van der Waals surface area contributed by atoms with Crippen LogP contribution in [0.4, 0.5) is 0 Å². The van der Waals surface area contributed by atoms with Crippen molar-refractivity contribution < 1.29 is 23.8 Å². The molecule has 1 aromatic carbocycles. The summed E-state index contributed by atoms with van der Waals surface area (Å²) in [6.07, 6.45) is 0.0517. The summed E-state index contributed by atoms with van der Waals surface area (Å²) in [5.74, 6) is 0.629. The number of aldehydes is 1. The second kappa shape index (κ2) is 8.97. The molecule has 0 aliphatic rings. The third-order valence-electron chi connectivity index (χ3n) is 2.68. The molecule has 1 amide bonds. The molecular formula is C15H21NO5. The first-order valence-electron chi connectivity index (χ1n) is 6.77. The van der Waals surface area contributed by atoms with Crippen molar-refractivity contribution >= 4 is 12.2 Å². The Kier molecular flexibility index (Phi) is 7.25. The summed E-state index contributed by atoms with van der Waals surface area (Å²) in [6.45, 7) is 4.78. The standard InChI is InChI=1S/C15H21NO5/c1-4-20-14-9-12(10-17)5-6-13(14)21-11(2)15(18)16-7-8-19-3/h5-6,9-11H,4,7-8H2,1-3H3,(H,16,18). The summed E-state index contributed by atoms with van der Waals surface area (Å²) in [7, 11) is 1.56. The molecule has 6 nitrogen and oxygen atoms in total. The molecular weight excluding hydrogens is 274 g/mol. The Morgan fingerprint density at radius 1 is 1.38 bits per heavy atom. The molecule has 0 saturated carbocycles. The summed E-state index contributed by atoms with van der Waals surface area (Å²) < 4.78 is 15.9. The van der Waals surface area contributed by atoms with Crippen LogP contribution in [0.15, 0.2) is 18.2 Å². The van der Waals surface area contributed by atoms with Gasteiger partial charge in [0, 0.05) is 19.2 Å². The normalized spacial score (nSPS) is 11.6. The van der Waals surface area contributed by atoms with Crippen LogP contribution in [-0.4, -0.2) is 45.2 Å². The number of methoxy groups -OCH3 is 1. The van der Waals surface area contributed by atoms with Crippen molar-refractivity contribution in [3.8, 4) is 11.5 Å². The Morgan fingerprint density at radius 3 is 2.76 bits per heavy atom. The maximum absolute atomic E-state index is 11.8. The largest absolute Gasteiger partial charge is 0.490 e. The Hall–Kier alpha value is -2.08. The quantitative estimate of drug-likeness (QED) is 0.551. The summed E-state index contributed by atoms with van der Waals surface area (Å²) in [6, 6.07) is 4.81. The number of ether oxygens (including phenoxy) is 3. The van der Waals surface area contributed by atoms with Crippen molar-refractivity contribution in [3.05, 3.63) is 23.8 Å². The van der Waals surface area contributed by atoms with E-state index < -0.39 is 6.10 Å². The van der Waals surface area contributed by atoms with Gasteiger partial charge in [0.15, 0.2) is 17.6 Å². The van der Waals surface area contributed by atoms with Crippen LogP contribution in [0.5, 0.6) is 11.5 Å². The lowest BCUT2D eigenvalue weighted by Gasteiger charge is -2.17. The van der Waals surface area contributed by atoms with Crippen molar-refractivity contribution in [2.45, 2.75) is 20.0 Å². The maximum atomic E-state index is 11.8. The van der Waals surface area contributed by atoms with Crippen molar-refractivity contribution in [3.63, 3.8) is 0 Å². The lowest BCUT2D eigenvalue weighted by atomic mass is 10.2. The fraction of sp³-hybridized carbons (Fsp3) is 0.467. The molecule has 1 unspecified atom stereocenters. The van der Waals surface area contributed by atoms with Gasteiger partial charge in [-0.05, 0) is 32.0 Å². The van der Waals surface area contributed by atoms with Gasteiger partial charge in [-0.2, -0.15) is 0 Å². The van der Waals surface area contributed by atoms with Crippen LogP contribution in [0, 0.1) is 0 Å². The SMILES string of the molecule is CCOc1cc(C=O)ccc1OC(C)C(=O)NCCOC. The van der Waals surface area contributed by atoms with Gasteiger partial charge in [0.2, 0.25) is 0 Å². The minimum absolute atomic E-state index is 0.242. The van der Waals surface area contributed by atoms with Gasteiger partial charge >= 0.3 is 0 Å². The Labute approximate surface area is 124 Å². The van der Waals surface area contributed by atoms with Crippen molar-refractivity contribution in [1.29, 1.82) is 0 Å². The van der Waals surface area contributed by atoms with Gasteiger partial charge in [-0.1, -0.05) is 0 Å². The molecule has 0 aromatic heterocycles. The zero-order chi connectivity index (χ0) is 15.7. The summed E-state index contributed by atoms with van der Waals surface area (Å²) in [5, 5.41) is 2.69. The van der Waals surface area contributed by atoms with E-state index in [9.17, 15) is 9.59 Å². The molecule has 21 heavy (non-hydrogen) atoms. The van der Waals surface area contributed by atoms with Crippen LogP contribution in [0.25, 0.3) is 0 Å². The van der Waals surface area contributed by atoms with E-state index in [2.05, 4.69) is 5.32 Å². The predicted molar refractivity (Wildman–Crippen MR) is 78.0 cm³/mol. The molecule has 1 N–H and O–H groups in total. The minimum atomic E-state index is -0.678. The third kappa shape index (κ3) is 5.43. The van der Waals surface area contributed by atoms with Gasteiger partial charge in [0.05, 0.1) is 13.2 Å². The lowest BCUT2D eigenvalue weighted by molar-refractivity contribution is -0.127. The number of nitrogens with one attached hydrogen (secondary N) is 1. The molecule has 0 aliphatic carbocycles. The highest BCUT2D eigenvalue weighted by atomic mass is 16.5. The second-order valence-corrected chi connectivity index (χ2v) is 4.30. The van der Waals surface area contributed by atoms with Gasteiger partial charge in [0.25, 0.3) is 5.91 Å². The molecule has 0 spiro atoms. The molecule has 1 atom stereocenters. The van der Waals surface area contributed by atoms with Crippen LogP contribution in [0.3, 0.4) is 0 Å². The topological polar surface area (TPSA) is 73.9 Å². The lowest BCUT2D eigenvalue weighted by Crippen LogP contribution is -2.38. The van der Waals surface area contributed by atoms with Crippen LogP contribution in [0.1, 0.15) is 24.2 Å². The molecule has 0 radical (unpaired) electrons. The van der Waals surface area contributed by atoms with E-state index in [1.54, 1.807) is 32.2 Å². The van der Waals surface area contributed by atoms with Gasteiger partial charge in [-0.15, -0.1) is 0 Å². The Bertz CT molecular complexity index is 475. The molecule has 0 saturated heterocycles. The molecule has 1 rings (SSSR count). The van der Waals surface area contributed by atoms with Crippen molar-refractivity contribution in [2.75, 3.05) is 26.9 Å². The van der Waals surface area contributed by atoms with Crippen molar-refractivity contribution in [2.24, 2.45) is 0 Å². The smallest absolute Gasteiger partial charge is 0.260 e. The number of benzene rings is 1. The molecule has 116 valence electrons. The predicted octanol–water partition coefficient (Wildman–Crippen LogP) is 1.43. The van der Waals surface area contributed by atoms with E-state index in [0.717, 1.165) is 6.29 Å². The van der Waals surface area contributed by atoms with Crippen LogP contribution >= 0.6 is 0 Å². The highest BCUT2D eigenvalue weighted by molar-refractivity contribution is 5.81. The summed E-state index contributed by atoms with van der Waals surface area (Å²) in [4.78, 5) is 22.6. The van der Waals surface area contributed by atoms with E-state index in [-0.39, 0.29) is 5.91 Å². The van der Waals surface area contributed by atoms with E-state index in [4.69, 9.17) is 14.2 Å². The summed E-state index contributed by atoms with van der Waals surface area (Å²) >= 11 is 0.